The zero-order valence-corrected chi connectivity index (χ0v) is 11.5. The van der Waals surface area contributed by atoms with Gasteiger partial charge in [-0.2, -0.15) is 0 Å². The van der Waals surface area contributed by atoms with Crippen LogP contribution in [0.5, 0.6) is 0 Å². The van der Waals surface area contributed by atoms with E-state index in [0.29, 0.717) is 4.47 Å². The van der Waals surface area contributed by atoms with Crippen LogP contribution in [0, 0.1) is 5.82 Å². The Kier molecular flexibility index (Phi) is 4.09. The van der Waals surface area contributed by atoms with Gasteiger partial charge < -0.3 is 0 Å². The molecular formula is C13H8BrClFNO. The van der Waals surface area contributed by atoms with Crippen molar-refractivity contribution in [1.82, 2.24) is 4.98 Å². The summed E-state index contributed by atoms with van der Waals surface area (Å²) < 4.78 is 14.3. The Morgan fingerprint density at radius 2 is 2.11 bits per heavy atom. The van der Waals surface area contributed by atoms with Gasteiger partial charge in [0, 0.05) is 17.1 Å². The molecule has 0 aliphatic rings. The second kappa shape index (κ2) is 5.59. The van der Waals surface area contributed by atoms with E-state index in [4.69, 9.17) is 11.6 Å². The molecule has 2 aromatic rings. The molecule has 1 aromatic heterocycles. The van der Waals surface area contributed by atoms with E-state index in [1.807, 2.05) is 0 Å². The number of carbonyl (C=O) groups excluding carboxylic acids is 1. The number of ketones is 1. The molecule has 0 radical (unpaired) electrons. The molecule has 0 fully saturated rings. The lowest BCUT2D eigenvalue weighted by molar-refractivity contribution is 0.0986. The predicted octanol–water partition coefficient (Wildman–Crippen LogP) is 4.06. The lowest BCUT2D eigenvalue weighted by atomic mass is 10.1. The van der Waals surface area contributed by atoms with Crippen LogP contribution in [0.2, 0.25) is 5.02 Å². The first-order valence-corrected chi connectivity index (χ1v) is 6.33. The van der Waals surface area contributed by atoms with Gasteiger partial charge in [0.2, 0.25) is 0 Å². The van der Waals surface area contributed by atoms with E-state index in [2.05, 4.69) is 20.9 Å². The molecule has 2 nitrogen and oxygen atoms in total. The summed E-state index contributed by atoms with van der Waals surface area (Å²) >= 11 is 8.90. The Balaban J connectivity index is 2.27. The molecule has 0 unspecified atom stereocenters. The number of hydrogen-bond acceptors (Lipinski definition) is 2. The summed E-state index contributed by atoms with van der Waals surface area (Å²) in [6.45, 7) is 0. The first-order chi connectivity index (χ1) is 8.59. The highest BCUT2D eigenvalue weighted by atomic mass is 79.9. The van der Waals surface area contributed by atoms with Gasteiger partial charge in [0.15, 0.2) is 5.78 Å². The molecule has 2 rings (SSSR count). The minimum Gasteiger partial charge on any atom is -0.292 e. The molecule has 1 aromatic carbocycles. The number of Topliss-reactive ketones (excluding diaryl/α,β-unsaturated/α-hetero) is 1. The number of carbonyl (C=O) groups is 1. The van der Waals surface area contributed by atoms with Gasteiger partial charge in [0.05, 0.1) is 5.02 Å². The second-order valence-corrected chi connectivity index (χ2v) is 4.91. The zero-order chi connectivity index (χ0) is 13.1. The molecule has 0 bridgehead atoms. The van der Waals surface area contributed by atoms with Crippen molar-refractivity contribution in [3.05, 3.63) is 63.1 Å². The maximum atomic E-state index is 13.7. The van der Waals surface area contributed by atoms with E-state index in [9.17, 15) is 9.18 Å². The maximum Gasteiger partial charge on any atom is 0.186 e. The van der Waals surface area contributed by atoms with E-state index in [0.717, 1.165) is 0 Å². The smallest absolute Gasteiger partial charge is 0.186 e. The molecule has 0 N–H and O–H groups in total. The molecule has 0 atom stereocenters. The van der Waals surface area contributed by atoms with Crippen LogP contribution in [0.15, 0.2) is 41.0 Å². The molecule has 0 aliphatic carbocycles. The van der Waals surface area contributed by atoms with E-state index >= 15 is 0 Å². The lowest BCUT2D eigenvalue weighted by Crippen LogP contribution is -2.08. The average molecular weight is 329 g/mol. The molecule has 0 aliphatic heterocycles. The topological polar surface area (TPSA) is 30.0 Å². The van der Waals surface area contributed by atoms with E-state index < -0.39 is 5.82 Å². The quantitative estimate of drug-likeness (QED) is 0.795. The zero-order valence-electron chi connectivity index (χ0n) is 9.16. The van der Waals surface area contributed by atoms with Crippen molar-refractivity contribution >= 4 is 33.3 Å². The molecule has 0 saturated carbocycles. The first-order valence-electron chi connectivity index (χ1n) is 5.16. The predicted molar refractivity (Wildman–Crippen MR) is 71.4 cm³/mol. The van der Waals surface area contributed by atoms with Crippen LogP contribution in [-0.4, -0.2) is 10.8 Å². The summed E-state index contributed by atoms with van der Waals surface area (Å²) in [6.07, 6.45) is 1.45. The number of pyridine rings is 1. The second-order valence-electron chi connectivity index (χ2n) is 3.65. The Bertz CT molecular complexity index is 603. The van der Waals surface area contributed by atoms with E-state index in [1.165, 1.54) is 18.3 Å². The number of aromatic nitrogens is 1. The normalized spacial score (nSPS) is 10.4. The minimum absolute atomic E-state index is 0.0142. The van der Waals surface area contributed by atoms with Gasteiger partial charge in [-0.1, -0.05) is 23.7 Å². The van der Waals surface area contributed by atoms with Gasteiger partial charge in [-0.3, -0.25) is 9.78 Å². The first kappa shape index (κ1) is 13.2. The summed E-state index contributed by atoms with van der Waals surface area (Å²) in [4.78, 5) is 16.0. The van der Waals surface area contributed by atoms with E-state index in [-0.39, 0.29) is 28.5 Å². The van der Waals surface area contributed by atoms with Crippen LogP contribution in [0.25, 0.3) is 0 Å². The van der Waals surface area contributed by atoms with Gasteiger partial charge in [-0.05, 0) is 39.7 Å². The van der Waals surface area contributed by atoms with Crippen molar-refractivity contribution < 1.29 is 9.18 Å². The van der Waals surface area contributed by atoms with Crippen LogP contribution in [-0.2, 0) is 6.42 Å². The van der Waals surface area contributed by atoms with Crippen molar-refractivity contribution in [2.24, 2.45) is 0 Å². The van der Waals surface area contributed by atoms with Crippen molar-refractivity contribution in [2.75, 3.05) is 0 Å². The van der Waals surface area contributed by atoms with Crippen LogP contribution in [0.3, 0.4) is 0 Å². The molecule has 5 heteroatoms. The van der Waals surface area contributed by atoms with Crippen LogP contribution in [0.1, 0.15) is 16.1 Å². The van der Waals surface area contributed by atoms with Crippen molar-refractivity contribution in [1.29, 1.82) is 0 Å². The third-order valence-corrected chi connectivity index (χ3v) is 3.34. The molecule has 92 valence electrons. The fourth-order valence-electron chi connectivity index (χ4n) is 1.53. The lowest BCUT2D eigenvalue weighted by Gasteiger charge is -2.05. The number of benzene rings is 1. The fraction of sp³-hybridized carbons (Fsp3) is 0.0769. The standard InChI is InChI=1S/C13H8BrClFNO/c14-9-4-2-6-17-13(9)11(18)7-8-3-1-5-10(15)12(8)16/h1-6H,7H2. The highest BCUT2D eigenvalue weighted by Gasteiger charge is 2.15. The number of hydrogen-bond donors (Lipinski definition) is 0. The molecule has 0 amide bonds. The van der Waals surface area contributed by atoms with Crippen LogP contribution < -0.4 is 0 Å². The van der Waals surface area contributed by atoms with Crippen LogP contribution >= 0.6 is 27.5 Å². The summed E-state index contributed by atoms with van der Waals surface area (Å²) in [5, 5.41) is 0.0142. The third kappa shape index (κ3) is 2.76. The fourth-order valence-corrected chi connectivity index (χ4v) is 2.20. The summed E-state index contributed by atoms with van der Waals surface area (Å²) in [7, 11) is 0. The summed E-state index contributed by atoms with van der Waals surface area (Å²) in [5.74, 6) is -0.816. The molecule has 1 heterocycles. The number of nitrogens with zero attached hydrogens (tertiary/aromatic N) is 1. The van der Waals surface area contributed by atoms with E-state index in [1.54, 1.807) is 18.2 Å². The SMILES string of the molecule is O=C(Cc1cccc(Cl)c1F)c1ncccc1Br. The monoisotopic (exact) mass is 327 g/mol. The molecule has 0 spiro atoms. The minimum atomic E-state index is -0.556. The van der Waals surface area contributed by atoms with Gasteiger partial charge in [0.25, 0.3) is 0 Å². The molecule has 0 saturated heterocycles. The Labute approximate surface area is 117 Å². The highest BCUT2D eigenvalue weighted by Crippen LogP contribution is 2.21. The maximum absolute atomic E-state index is 13.7. The largest absolute Gasteiger partial charge is 0.292 e. The third-order valence-electron chi connectivity index (χ3n) is 2.41. The number of rotatable bonds is 3. The van der Waals surface area contributed by atoms with Gasteiger partial charge in [-0.25, -0.2) is 4.39 Å². The van der Waals surface area contributed by atoms with Gasteiger partial charge in [-0.15, -0.1) is 0 Å². The summed E-state index contributed by atoms with van der Waals surface area (Å²) in [5.41, 5.74) is 0.557. The molecule has 18 heavy (non-hydrogen) atoms. The highest BCUT2D eigenvalue weighted by molar-refractivity contribution is 9.10. The Morgan fingerprint density at radius 1 is 1.33 bits per heavy atom. The van der Waals surface area contributed by atoms with Crippen molar-refractivity contribution in [3.8, 4) is 0 Å². The number of halogens is 3. The van der Waals surface area contributed by atoms with Gasteiger partial charge >= 0.3 is 0 Å². The van der Waals surface area contributed by atoms with Crippen LogP contribution in [0.4, 0.5) is 4.39 Å². The summed E-state index contributed by atoms with van der Waals surface area (Å²) in [6, 6.07) is 8.02. The van der Waals surface area contributed by atoms with Gasteiger partial charge in [0.1, 0.15) is 11.5 Å². The average Bonchev–Trinajstić information content (AvgIpc) is 2.35. The molecular weight excluding hydrogens is 321 g/mol. The van der Waals surface area contributed by atoms with Crippen molar-refractivity contribution in [3.63, 3.8) is 0 Å². The van der Waals surface area contributed by atoms with Crippen molar-refractivity contribution in [2.45, 2.75) is 6.42 Å². The Morgan fingerprint density at radius 3 is 2.83 bits per heavy atom. The Hall–Kier alpha value is -1.26.